The van der Waals surface area contributed by atoms with E-state index in [1.165, 1.54) is 5.56 Å². The molecule has 6 rings (SSSR count). The van der Waals surface area contributed by atoms with Crippen LogP contribution in [-0.4, -0.2) is 34.3 Å². The first-order valence-electron chi connectivity index (χ1n) is 12.5. The Bertz CT molecular complexity index is 1660. The standard InChI is InChI=1S/C31H24N4O3S/c1-20-12-17-25-26(18-20)39-28(33-25)21-13-15-24(16-14-21)32-27(36)19-35-29(37)31(34-30(35)38,22-8-4-2-5-9-22)23-10-6-3-7-11-23/h2-18H,19H2,1H3,(H,32,36)(H,34,38). The van der Waals surface area contributed by atoms with E-state index in [4.69, 9.17) is 4.98 Å². The summed E-state index contributed by atoms with van der Waals surface area (Å²) in [5.74, 6) is -0.972. The van der Waals surface area contributed by atoms with Crippen molar-refractivity contribution in [1.82, 2.24) is 15.2 Å². The number of nitrogens with zero attached hydrogens (tertiary/aromatic N) is 2. The van der Waals surface area contributed by atoms with Crippen LogP contribution in [-0.2, 0) is 15.1 Å². The van der Waals surface area contributed by atoms with Gasteiger partial charge in [-0.3, -0.25) is 14.5 Å². The zero-order valence-electron chi connectivity index (χ0n) is 21.0. The lowest BCUT2D eigenvalue weighted by molar-refractivity contribution is -0.133. The summed E-state index contributed by atoms with van der Waals surface area (Å²) in [6, 6.07) is 31.0. The van der Waals surface area contributed by atoms with Crippen molar-refractivity contribution < 1.29 is 14.4 Å². The number of benzene rings is 4. The highest BCUT2D eigenvalue weighted by Crippen LogP contribution is 2.36. The molecule has 0 unspecified atom stereocenters. The summed E-state index contributed by atoms with van der Waals surface area (Å²) in [5, 5.41) is 6.55. The predicted molar refractivity (Wildman–Crippen MR) is 152 cm³/mol. The maximum atomic E-state index is 13.8. The third-order valence-electron chi connectivity index (χ3n) is 6.78. The SMILES string of the molecule is Cc1ccc2nc(-c3ccc(NC(=O)CN4C(=O)NC(c5ccccc5)(c5ccccc5)C4=O)cc3)sc2c1. The fourth-order valence-electron chi connectivity index (χ4n) is 4.85. The van der Waals surface area contributed by atoms with Crippen molar-refractivity contribution >= 4 is 45.1 Å². The second kappa shape index (κ2) is 9.81. The van der Waals surface area contributed by atoms with Crippen LogP contribution in [0.1, 0.15) is 16.7 Å². The van der Waals surface area contributed by atoms with E-state index in [1.807, 2.05) is 60.7 Å². The summed E-state index contributed by atoms with van der Waals surface area (Å²) in [4.78, 5) is 45.4. The van der Waals surface area contributed by atoms with Gasteiger partial charge in [0.25, 0.3) is 5.91 Å². The number of nitrogens with one attached hydrogen (secondary N) is 2. The monoisotopic (exact) mass is 532 g/mol. The number of rotatable bonds is 6. The lowest BCUT2D eigenvalue weighted by Crippen LogP contribution is -2.45. The molecule has 4 aromatic carbocycles. The van der Waals surface area contributed by atoms with Gasteiger partial charge in [-0.2, -0.15) is 0 Å². The van der Waals surface area contributed by atoms with Gasteiger partial charge < -0.3 is 10.6 Å². The van der Waals surface area contributed by atoms with Crippen molar-refractivity contribution in [1.29, 1.82) is 0 Å². The fraction of sp³-hybridized carbons (Fsp3) is 0.0968. The molecule has 0 aliphatic carbocycles. The number of carbonyl (C=O) groups is 3. The molecule has 192 valence electrons. The smallest absolute Gasteiger partial charge is 0.325 e. The number of carbonyl (C=O) groups excluding carboxylic acids is 3. The first-order chi connectivity index (χ1) is 18.9. The Kier molecular flexibility index (Phi) is 6.17. The van der Waals surface area contributed by atoms with Gasteiger partial charge in [0.2, 0.25) is 5.91 Å². The molecule has 1 aliphatic heterocycles. The van der Waals surface area contributed by atoms with E-state index < -0.39 is 29.9 Å². The van der Waals surface area contributed by atoms with Crippen molar-refractivity contribution in [2.24, 2.45) is 0 Å². The van der Waals surface area contributed by atoms with Gasteiger partial charge in [-0.05, 0) is 60.0 Å². The highest BCUT2D eigenvalue weighted by Gasteiger charge is 2.54. The molecule has 2 heterocycles. The Morgan fingerprint density at radius 1 is 0.897 bits per heavy atom. The molecule has 7 nitrogen and oxygen atoms in total. The van der Waals surface area contributed by atoms with Crippen molar-refractivity contribution in [3.63, 3.8) is 0 Å². The van der Waals surface area contributed by atoms with Crippen LogP contribution < -0.4 is 10.6 Å². The van der Waals surface area contributed by atoms with E-state index in [0.717, 1.165) is 25.7 Å². The Morgan fingerprint density at radius 2 is 1.54 bits per heavy atom. The summed E-state index contributed by atoms with van der Waals surface area (Å²) in [6.45, 7) is 1.64. The Morgan fingerprint density at radius 3 is 2.18 bits per heavy atom. The van der Waals surface area contributed by atoms with Gasteiger partial charge in [-0.15, -0.1) is 11.3 Å². The molecule has 0 spiro atoms. The molecule has 8 heteroatoms. The van der Waals surface area contributed by atoms with Crippen LogP contribution in [0.2, 0.25) is 0 Å². The minimum atomic E-state index is -1.41. The number of thiazole rings is 1. The molecule has 1 aromatic heterocycles. The number of hydrogen-bond acceptors (Lipinski definition) is 5. The van der Waals surface area contributed by atoms with E-state index in [2.05, 4.69) is 23.6 Å². The van der Waals surface area contributed by atoms with Crippen LogP contribution in [0.25, 0.3) is 20.8 Å². The van der Waals surface area contributed by atoms with Crippen LogP contribution in [0, 0.1) is 6.92 Å². The van der Waals surface area contributed by atoms with Crippen LogP contribution in [0.3, 0.4) is 0 Å². The van der Waals surface area contributed by atoms with Gasteiger partial charge in [-0.1, -0.05) is 66.7 Å². The number of imide groups is 1. The van der Waals surface area contributed by atoms with Gasteiger partial charge in [0.15, 0.2) is 5.54 Å². The number of aryl methyl sites for hydroxylation is 1. The molecule has 0 bridgehead atoms. The quantitative estimate of drug-likeness (QED) is 0.274. The van der Waals surface area contributed by atoms with Gasteiger partial charge in [0.1, 0.15) is 11.6 Å². The van der Waals surface area contributed by atoms with Crippen LogP contribution >= 0.6 is 11.3 Å². The van der Waals surface area contributed by atoms with Gasteiger partial charge >= 0.3 is 6.03 Å². The molecular formula is C31H24N4O3S. The summed E-state index contributed by atoms with van der Waals surface area (Å²) < 4.78 is 1.12. The van der Waals surface area contributed by atoms with E-state index in [-0.39, 0.29) is 0 Å². The molecule has 0 saturated carbocycles. The molecule has 39 heavy (non-hydrogen) atoms. The van der Waals surface area contributed by atoms with E-state index >= 15 is 0 Å². The molecule has 0 atom stereocenters. The number of aromatic nitrogens is 1. The summed E-state index contributed by atoms with van der Waals surface area (Å²) in [6.07, 6.45) is 0. The van der Waals surface area contributed by atoms with E-state index in [9.17, 15) is 14.4 Å². The van der Waals surface area contributed by atoms with Crippen molar-refractivity contribution in [3.05, 3.63) is 120 Å². The van der Waals surface area contributed by atoms with Crippen LogP contribution in [0.15, 0.2) is 103 Å². The maximum Gasteiger partial charge on any atom is 0.326 e. The normalized spacial score (nSPS) is 14.4. The molecule has 0 radical (unpaired) electrons. The molecule has 1 saturated heterocycles. The van der Waals surface area contributed by atoms with Gasteiger partial charge in [-0.25, -0.2) is 9.78 Å². The predicted octanol–water partition coefficient (Wildman–Crippen LogP) is 5.71. The minimum Gasteiger partial charge on any atom is -0.325 e. The third-order valence-corrected chi connectivity index (χ3v) is 7.85. The fourth-order valence-corrected chi connectivity index (χ4v) is 5.92. The van der Waals surface area contributed by atoms with Gasteiger partial charge in [0.05, 0.1) is 10.2 Å². The van der Waals surface area contributed by atoms with E-state index in [1.54, 1.807) is 47.7 Å². The molecule has 1 fully saturated rings. The second-order valence-electron chi connectivity index (χ2n) is 9.42. The largest absolute Gasteiger partial charge is 0.326 e. The first kappa shape index (κ1) is 24.5. The second-order valence-corrected chi connectivity index (χ2v) is 10.4. The molecular weight excluding hydrogens is 508 g/mol. The summed E-state index contributed by atoms with van der Waals surface area (Å²) in [5.41, 5.74) is 3.48. The molecule has 1 aliphatic rings. The zero-order chi connectivity index (χ0) is 27.0. The van der Waals surface area contributed by atoms with Crippen molar-refractivity contribution in [3.8, 4) is 10.6 Å². The number of hydrogen-bond donors (Lipinski definition) is 2. The average molecular weight is 533 g/mol. The minimum absolute atomic E-state index is 0.412. The summed E-state index contributed by atoms with van der Waals surface area (Å²) in [7, 11) is 0. The first-order valence-corrected chi connectivity index (χ1v) is 13.3. The van der Waals surface area contributed by atoms with Gasteiger partial charge in [0, 0.05) is 11.3 Å². The third kappa shape index (κ3) is 4.45. The van der Waals surface area contributed by atoms with Crippen molar-refractivity contribution in [2.75, 3.05) is 11.9 Å². The Hall–Kier alpha value is -4.82. The van der Waals surface area contributed by atoms with E-state index in [0.29, 0.717) is 16.8 Å². The molecule has 5 aromatic rings. The number of fused-ring (bicyclic) bond motifs is 1. The van der Waals surface area contributed by atoms with Crippen LogP contribution in [0.4, 0.5) is 10.5 Å². The number of anilines is 1. The van der Waals surface area contributed by atoms with Crippen LogP contribution in [0.5, 0.6) is 0 Å². The topological polar surface area (TPSA) is 91.4 Å². The molecule has 2 N–H and O–H groups in total. The lowest BCUT2D eigenvalue weighted by Gasteiger charge is -2.28. The molecule has 4 amide bonds. The zero-order valence-corrected chi connectivity index (χ0v) is 21.9. The highest BCUT2D eigenvalue weighted by atomic mass is 32.1. The Balaban J connectivity index is 1.20. The maximum absolute atomic E-state index is 13.8. The van der Waals surface area contributed by atoms with Crippen molar-refractivity contribution in [2.45, 2.75) is 12.5 Å². The number of amides is 4. The lowest BCUT2D eigenvalue weighted by atomic mass is 9.82. The number of urea groups is 1. The Labute approximate surface area is 229 Å². The average Bonchev–Trinajstić information content (AvgIpc) is 3.49. The summed E-state index contributed by atoms with van der Waals surface area (Å²) >= 11 is 1.62. The highest BCUT2D eigenvalue weighted by molar-refractivity contribution is 7.21.